The molecule has 0 aliphatic rings. The number of benzene rings is 2. The lowest BCUT2D eigenvalue weighted by Gasteiger charge is -2.16. The van der Waals surface area contributed by atoms with E-state index in [1.807, 2.05) is 41.0 Å². The van der Waals surface area contributed by atoms with E-state index in [-0.39, 0.29) is 5.56 Å². The summed E-state index contributed by atoms with van der Waals surface area (Å²) in [6, 6.07) is 18.5. The molecule has 0 bridgehead atoms. The Morgan fingerprint density at radius 1 is 1.09 bits per heavy atom. The zero-order valence-electron chi connectivity index (χ0n) is 18.6. The van der Waals surface area contributed by atoms with Crippen LogP contribution >= 0.6 is 0 Å². The Morgan fingerprint density at radius 2 is 1.85 bits per heavy atom. The molecular weight excluding hydrogens is 426 g/mol. The Morgan fingerprint density at radius 3 is 2.53 bits per heavy atom. The fourth-order valence-electron chi connectivity index (χ4n) is 3.72. The number of rotatable bonds is 9. The molecule has 168 valence electrons. The van der Waals surface area contributed by atoms with Gasteiger partial charge < -0.3 is 5.32 Å². The summed E-state index contributed by atoms with van der Waals surface area (Å²) in [6.07, 6.45) is 9.99. The quantitative estimate of drug-likeness (QED) is 0.234. The van der Waals surface area contributed by atoms with Crippen LogP contribution in [-0.4, -0.2) is 20.2 Å². The molecule has 0 saturated carbocycles. The molecule has 0 radical (unpaired) electrons. The number of carbonyl (C=O) groups excluding carboxylic acids is 1. The predicted octanol–water partition coefficient (Wildman–Crippen LogP) is 4.26. The Balaban J connectivity index is 1.70. The number of hydrogen-bond donors (Lipinski definition) is 1. The monoisotopic (exact) mass is 449 g/mol. The highest BCUT2D eigenvalue weighted by molar-refractivity contribution is 5.74. The minimum atomic E-state index is -0.193. The van der Waals surface area contributed by atoms with Gasteiger partial charge in [0.2, 0.25) is 5.78 Å². The zero-order valence-corrected chi connectivity index (χ0v) is 18.6. The number of aromatic nitrogens is 3. The minimum Gasteiger partial charge on any atom is -0.367 e. The number of aryl methyl sites for hydroxylation is 1. The lowest BCUT2D eigenvalue weighted by atomic mass is 10.1. The third-order valence-corrected chi connectivity index (χ3v) is 5.57. The van der Waals surface area contributed by atoms with Gasteiger partial charge >= 0.3 is 0 Å². The summed E-state index contributed by atoms with van der Waals surface area (Å²) in [5.74, 6) is 3.77. The number of hydrogen-bond acceptors (Lipinski definition) is 5. The van der Waals surface area contributed by atoms with E-state index >= 15 is 0 Å². The molecule has 0 unspecified atom stereocenters. The second kappa shape index (κ2) is 10.3. The molecular formula is C27H23N5O2. The van der Waals surface area contributed by atoms with Crippen LogP contribution in [0.1, 0.15) is 40.7 Å². The van der Waals surface area contributed by atoms with Gasteiger partial charge in [-0.15, -0.1) is 6.42 Å². The van der Waals surface area contributed by atoms with Gasteiger partial charge in [-0.1, -0.05) is 42.3 Å². The maximum atomic E-state index is 12.9. The molecule has 1 N–H and O–H groups in total. The predicted molar refractivity (Wildman–Crippen MR) is 131 cm³/mol. The topological polar surface area (TPSA) is 92.2 Å². The van der Waals surface area contributed by atoms with Crippen molar-refractivity contribution in [1.82, 2.24) is 14.0 Å². The van der Waals surface area contributed by atoms with E-state index in [0.717, 1.165) is 35.8 Å². The number of imidazole rings is 1. The third kappa shape index (κ3) is 4.90. The summed E-state index contributed by atoms with van der Waals surface area (Å²) in [5, 5.41) is 12.2. The SMILES string of the molecule is C#Cc1ccc(-c2cn3c(=O)cc(NCc4ccc(C=O)cc4)n(CCCCC#N)c3n2)cc1. The summed E-state index contributed by atoms with van der Waals surface area (Å²) < 4.78 is 3.51. The van der Waals surface area contributed by atoms with E-state index in [1.165, 1.54) is 0 Å². The van der Waals surface area contributed by atoms with E-state index in [9.17, 15) is 9.59 Å². The van der Waals surface area contributed by atoms with Gasteiger partial charge in [-0.25, -0.2) is 4.98 Å². The van der Waals surface area contributed by atoms with Crippen LogP contribution in [0, 0.1) is 23.7 Å². The molecule has 2 aromatic carbocycles. The van der Waals surface area contributed by atoms with Crippen LogP contribution in [0.5, 0.6) is 0 Å². The first-order valence-electron chi connectivity index (χ1n) is 11.0. The standard InChI is InChI=1S/C27H23N5O2/c1-2-20-10-12-23(13-11-20)24-18-32-26(34)16-25(29-17-21-6-8-22(19-33)9-7-21)31(27(32)30-24)15-5-3-4-14-28/h1,6-13,16,18-19,29H,3-5,15,17H2. The normalized spacial score (nSPS) is 10.5. The van der Waals surface area contributed by atoms with Crippen molar-refractivity contribution >= 4 is 17.9 Å². The van der Waals surface area contributed by atoms with E-state index in [0.29, 0.717) is 42.4 Å². The van der Waals surface area contributed by atoms with Gasteiger partial charge in [-0.3, -0.25) is 18.6 Å². The first-order chi connectivity index (χ1) is 16.6. The maximum Gasteiger partial charge on any atom is 0.261 e. The fraction of sp³-hybridized carbons (Fsp3) is 0.185. The lowest BCUT2D eigenvalue weighted by Crippen LogP contribution is -2.20. The number of anilines is 1. The van der Waals surface area contributed by atoms with E-state index < -0.39 is 0 Å². The number of fused-ring (bicyclic) bond motifs is 1. The summed E-state index contributed by atoms with van der Waals surface area (Å²) in [5.41, 5.74) is 3.71. The van der Waals surface area contributed by atoms with Gasteiger partial charge in [-0.2, -0.15) is 5.26 Å². The molecule has 0 atom stereocenters. The highest BCUT2D eigenvalue weighted by atomic mass is 16.1. The Bertz CT molecular complexity index is 1450. The van der Waals surface area contributed by atoms with Crippen molar-refractivity contribution in [3.05, 3.63) is 87.8 Å². The lowest BCUT2D eigenvalue weighted by molar-refractivity contribution is 0.112. The van der Waals surface area contributed by atoms with Crippen molar-refractivity contribution in [2.24, 2.45) is 0 Å². The molecule has 0 aliphatic heterocycles. The molecule has 0 aliphatic carbocycles. The number of nitriles is 1. The average Bonchev–Trinajstić information content (AvgIpc) is 3.33. The number of carbonyl (C=O) groups is 1. The van der Waals surface area contributed by atoms with Gasteiger partial charge in [0.25, 0.3) is 5.56 Å². The van der Waals surface area contributed by atoms with Crippen LogP contribution in [-0.2, 0) is 13.1 Å². The van der Waals surface area contributed by atoms with Crippen molar-refractivity contribution in [2.45, 2.75) is 32.4 Å². The number of terminal acetylenes is 1. The van der Waals surface area contributed by atoms with Crippen molar-refractivity contribution in [1.29, 1.82) is 5.26 Å². The highest BCUT2D eigenvalue weighted by Gasteiger charge is 2.14. The Labute approximate surface area is 197 Å². The molecule has 0 spiro atoms. The van der Waals surface area contributed by atoms with Crippen LogP contribution in [0.3, 0.4) is 0 Å². The third-order valence-electron chi connectivity index (χ3n) is 5.57. The Hall–Kier alpha value is -4.62. The van der Waals surface area contributed by atoms with Crippen molar-refractivity contribution in [2.75, 3.05) is 5.32 Å². The molecule has 4 aromatic rings. The smallest absolute Gasteiger partial charge is 0.261 e. The van der Waals surface area contributed by atoms with Gasteiger partial charge in [0.15, 0.2) is 0 Å². The average molecular weight is 450 g/mol. The second-order valence-electron chi connectivity index (χ2n) is 7.87. The summed E-state index contributed by atoms with van der Waals surface area (Å²) in [4.78, 5) is 28.6. The number of aldehydes is 1. The van der Waals surface area contributed by atoms with E-state index in [1.54, 1.807) is 28.8 Å². The van der Waals surface area contributed by atoms with Crippen molar-refractivity contribution in [3.8, 4) is 29.7 Å². The molecule has 0 amide bonds. The number of unbranched alkanes of at least 4 members (excludes halogenated alkanes) is 2. The van der Waals surface area contributed by atoms with Crippen molar-refractivity contribution < 1.29 is 4.79 Å². The largest absolute Gasteiger partial charge is 0.367 e. The molecule has 34 heavy (non-hydrogen) atoms. The van der Waals surface area contributed by atoms with Crippen LogP contribution in [0.4, 0.5) is 5.82 Å². The van der Waals surface area contributed by atoms with Crippen LogP contribution in [0.2, 0.25) is 0 Å². The van der Waals surface area contributed by atoms with Crippen LogP contribution in [0.15, 0.2) is 65.6 Å². The summed E-state index contributed by atoms with van der Waals surface area (Å²) in [6.45, 7) is 1.08. The molecule has 7 nitrogen and oxygen atoms in total. The van der Waals surface area contributed by atoms with Gasteiger partial charge in [0.05, 0.1) is 11.8 Å². The number of nitrogens with zero attached hydrogens (tertiary/aromatic N) is 4. The Kier molecular flexibility index (Phi) is 6.86. The molecule has 7 heteroatoms. The second-order valence-corrected chi connectivity index (χ2v) is 7.87. The first kappa shape index (κ1) is 22.6. The molecule has 2 aromatic heterocycles. The molecule has 0 fully saturated rings. The van der Waals surface area contributed by atoms with Gasteiger partial charge in [-0.05, 0) is 30.5 Å². The maximum absolute atomic E-state index is 12.9. The van der Waals surface area contributed by atoms with E-state index in [2.05, 4.69) is 17.3 Å². The zero-order chi connectivity index (χ0) is 23.9. The fourth-order valence-corrected chi connectivity index (χ4v) is 3.72. The van der Waals surface area contributed by atoms with Crippen LogP contribution < -0.4 is 10.9 Å². The summed E-state index contributed by atoms with van der Waals surface area (Å²) in [7, 11) is 0. The van der Waals surface area contributed by atoms with Gasteiger partial charge in [0.1, 0.15) is 12.1 Å². The van der Waals surface area contributed by atoms with Crippen molar-refractivity contribution in [3.63, 3.8) is 0 Å². The molecule has 0 saturated heterocycles. The van der Waals surface area contributed by atoms with Gasteiger partial charge in [0, 0.05) is 48.5 Å². The minimum absolute atomic E-state index is 0.193. The molecule has 2 heterocycles. The number of nitrogens with one attached hydrogen (secondary N) is 1. The molecule has 4 rings (SSSR count). The van der Waals surface area contributed by atoms with Crippen LogP contribution in [0.25, 0.3) is 17.0 Å². The van der Waals surface area contributed by atoms with E-state index in [4.69, 9.17) is 16.7 Å². The summed E-state index contributed by atoms with van der Waals surface area (Å²) >= 11 is 0. The highest BCUT2D eigenvalue weighted by Crippen LogP contribution is 2.21. The first-order valence-corrected chi connectivity index (χ1v) is 11.0.